The summed E-state index contributed by atoms with van der Waals surface area (Å²) in [5, 5.41) is 0. The molecule has 1 unspecified atom stereocenters. The molecule has 2 N–H and O–H groups in total. The van der Waals surface area contributed by atoms with Crippen molar-refractivity contribution >= 4 is 23.1 Å². The molecule has 0 aliphatic heterocycles. The van der Waals surface area contributed by atoms with Crippen LogP contribution in [-0.4, -0.2) is 34.4 Å². The van der Waals surface area contributed by atoms with Crippen LogP contribution in [0.5, 0.6) is 0 Å². The Morgan fingerprint density at radius 3 is 2.82 bits per heavy atom. The zero-order valence-electron chi connectivity index (χ0n) is 10.1. The Morgan fingerprint density at radius 2 is 2.29 bits per heavy atom. The van der Waals surface area contributed by atoms with Crippen molar-refractivity contribution in [3.8, 4) is 0 Å². The molecule has 0 aliphatic carbocycles. The molecule has 0 aliphatic rings. The minimum absolute atomic E-state index is 0.0477. The first-order chi connectivity index (χ1) is 8.02. The first-order valence-corrected chi connectivity index (χ1v) is 5.87. The fraction of sp³-hybridized carbons (Fsp3) is 0.417. The van der Waals surface area contributed by atoms with Gasteiger partial charge >= 0.3 is 0 Å². The molecule has 1 rings (SSSR count). The van der Waals surface area contributed by atoms with Crippen molar-refractivity contribution in [2.24, 2.45) is 11.7 Å². The van der Waals surface area contributed by atoms with E-state index in [1.54, 1.807) is 25.1 Å². The number of pyridine rings is 1. The number of aromatic nitrogens is 1. The van der Waals surface area contributed by atoms with Crippen LogP contribution in [0.3, 0.4) is 0 Å². The molecular formula is C12H17N3OS. The Hall–Kier alpha value is -1.49. The second-order valence-corrected chi connectivity index (χ2v) is 4.43. The molecule has 92 valence electrons. The Balaban J connectivity index is 2.47. The van der Waals surface area contributed by atoms with E-state index < -0.39 is 5.92 Å². The molecule has 1 aromatic rings. The van der Waals surface area contributed by atoms with Gasteiger partial charge in [0.15, 0.2) is 0 Å². The normalized spacial score (nSPS) is 11.9. The lowest BCUT2D eigenvalue weighted by Crippen LogP contribution is -2.38. The van der Waals surface area contributed by atoms with Crippen LogP contribution in [0.15, 0.2) is 24.4 Å². The molecule has 0 saturated heterocycles. The van der Waals surface area contributed by atoms with Crippen LogP contribution in [0.4, 0.5) is 0 Å². The maximum absolute atomic E-state index is 11.8. The molecule has 0 saturated carbocycles. The van der Waals surface area contributed by atoms with Crippen molar-refractivity contribution in [2.75, 3.05) is 13.6 Å². The van der Waals surface area contributed by atoms with Crippen LogP contribution in [-0.2, 0) is 11.2 Å². The minimum atomic E-state index is -0.404. The third kappa shape index (κ3) is 4.11. The molecule has 0 aromatic carbocycles. The fourth-order valence-corrected chi connectivity index (χ4v) is 1.49. The average Bonchev–Trinajstić information content (AvgIpc) is 2.35. The van der Waals surface area contributed by atoms with E-state index in [0.29, 0.717) is 6.54 Å². The average molecular weight is 251 g/mol. The number of rotatable bonds is 5. The van der Waals surface area contributed by atoms with E-state index >= 15 is 0 Å². The molecule has 5 heteroatoms. The van der Waals surface area contributed by atoms with Crippen molar-refractivity contribution in [1.82, 2.24) is 9.88 Å². The maximum atomic E-state index is 11.8. The number of thiocarbonyl (C=S) groups is 1. The molecule has 0 fully saturated rings. The predicted molar refractivity (Wildman–Crippen MR) is 71.5 cm³/mol. The van der Waals surface area contributed by atoms with E-state index in [-0.39, 0.29) is 10.9 Å². The summed E-state index contributed by atoms with van der Waals surface area (Å²) in [5.41, 5.74) is 6.42. The number of amides is 1. The molecule has 1 aromatic heterocycles. The molecule has 0 bridgehead atoms. The van der Waals surface area contributed by atoms with E-state index in [1.165, 1.54) is 0 Å². The van der Waals surface area contributed by atoms with E-state index in [0.717, 1.165) is 12.1 Å². The molecule has 1 heterocycles. The smallest absolute Gasteiger partial charge is 0.231 e. The molecule has 0 spiro atoms. The van der Waals surface area contributed by atoms with Gasteiger partial charge < -0.3 is 10.6 Å². The summed E-state index contributed by atoms with van der Waals surface area (Å²) in [6.07, 6.45) is 2.47. The Morgan fingerprint density at radius 1 is 1.59 bits per heavy atom. The van der Waals surface area contributed by atoms with Crippen molar-refractivity contribution < 1.29 is 4.79 Å². The van der Waals surface area contributed by atoms with Crippen LogP contribution in [0.2, 0.25) is 0 Å². The van der Waals surface area contributed by atoms with Gasteiger partial charge in [-0.2, -0.15) is 0 Å². The topological polar surface area (TPSA) is 59.2 Å². The number of likely N-dealkylation sites (N-methyl/N-ethyl adjacent to an activating group) is 1. The molecule has 1 amide bonds. The zero-order chi connectivity index (χ0) is 12.8. The summed E-state index contributed by atoms with van der Waals surface area (Å²) in [6.45, 7) is 2.34. The lowest BCUT2D eigenvalue weighted by atomic mass is 10.1. The van der Waals surface area contributed by atoms with Gasteiger partial charge in [-0.05, 0) is 19.1 Å². The minimum Gasteiger partial charge on any atom is -0.393 e. The number of carbonyl (C=O) groups excluding carboxylic acids is 1. The highest BCUT2D eigenvalue weighted by Crippen LogP contribution is 2.03. The van der Waals surface area contributed by atoms with Gasteiger partial charge in [0.05, 0.1) is 10.9 Å². The highest BCUT2D eigenvalue weighted by molar-refractivity contribution is 7.80. The summed E-state index contributed by atoms with van der Waals surface area (Å²) in [4.78, 5) is 17.9. The van der Waals surface area contributed by atoms with Crippen LogP contribution >= 0.6 is 12.2 Å². The van der Waals surface area contributed by atoms with Crippen LogP contribution in [0, 0.1) is 5.92 Å². The summed E-state index contributed by atoms with van der Waals surface area (Å²) >= 11 is 4.81. The lowest BCUT2D eigenvalue weighted by Gasteiger charge is -2.20. The second kappa shape index (κ2) is 6.30. The van der Waals surface area contributed by atoms with E-state index in [9.17, 15) is 4.79 Å². The van der Waals surface area contributed by atoms with Crippen molar-refractivity contribution in [3.05, 3.63) is 30.1 Å². The van der Waals surface area contributed by atoms with Gasteiger partial charge in [-0.3, -0.25) is 9.78 Å². The van der Waals surface area contributed by atoms with Crippen molar-refractivity contribution in [1.29, 1.82) is 0 Å². The van der Waals surface area contributed by atoms with Crippen LogP contribution in [0.1, 0.15) is 12.6 Å². The molecule has 4 nitrogen and oxygen atoms in total. The summed E-state index contributed by atoms with van der Waals surface area (Å²) in [7, 11) is 1.75. The summed E-state index contributed by atoms with van der Waals surface area (Å²) in [6, 6.07) is 5.74. The first-order valence-electron chi connectivity index (χ1n) is 5.46. The van der Waals surface area contributed by atoms with E-state index in [1.807, 2.05) is 18.2 Å². The highest BCUT2D eigenvalue weighted by Gasteiger charge is 2.19. The molecule has 0 radical (unpaired) electrons. The SMILES string of the molecule is CC(C(=O)N(C)CCc1ccccn1)C(N)=S. The van der Waals surface area contributed by atoms with Gasteiger partial charge in [-0.15, -0.1) is 0 Å². The highest BCUT2D eigenvalue weighted by atomic mass is 32.1. The number of carbonyl (C=O) groups is 1. The zero-order valence-corrected chi connectivity index (χ0v) is 10.9. The Kier molecular flexibility index (Phi) is 5.03. The maximum Gasteiger partial charge on any atom is 0.231 e. The van der Waals surface area contributed by atoms with Crippen LogP contribution in [0.25, 0.3) is 0 Å². The third-order valence-electron chi connectivity index (χ3n) is 2.60. The molecule has 17 heavy (non-hydrogen) atoms. The van der Waals surface area contributed by atoms with Gasteiger partial charge in [0, 0.05) is 31.9 Å². The Labute approximate surface area is 107 Å². The number of hydrogen-bond donors (Lipinski definition) is 1. The van der Waals surface area contributed by atoms with Crippen molar-refractivity contribution in [2.45, 2.75) is 13.3 Å². The quantitative estimate of drug-likeness (QED) is 0.793. The number of nitrogens with zero attached hydrogens (tertiary/aromatic N) is 2. The van der Waals surface area contributed by atoms with Gasteiger partial charge in [0.2, 0.25) is 5.91 Å². The van der Waals surface area contributed by atoms with Gasteiger partial charge in [-0.1, -0.05) is 18.3 Å². The number of nitrogens with two attached hydrogens (primary N) is 1. The number of hydrogen-bond acceptors (Lipinski definition) is 3. The van der Waals surface area contributed by atoms with Gasteiger partial charge in [0.1, 0.15) is 0 Å². The fourth-order valence-electron chi connectivity index (χ4n) is 1.39. The van der Waals surface area contributed by atoms with Gasteiger partial charge in [0.25, 0.3) is 0 Å². The molecular weight excluding hydrogens is 234 g/mol. The largest absolute Gasteiger partial charge is 0.393 e. The standard InChI is InChI=1S/C12H17N3OS/c1-9(11(13)17)12(16)15(2)8-6-10-5-3-4-7-14-10/h3-5,7,9H,6,8H2,1-2H3,(H2,13,17). The van der Waals surface area contributed by atoms with Gasteiger partial charge in [-0.25, -0.2) is 0 Å². The second-order valence-electron chi connectivity index (χ2n) is 3.95. The van der Waals surface area contributed by atoms with Crippen molar-refractivity contribution in [3.63, 3.8) is 0 Å². The van der Waals surface area contributed by atoms with E-state index in [4.69, 9.17) is 18.0 Å². The summed E-state index contributed by atoms with van der Waals surface area (Å²) < 4.78 is 0. The Bertz CT molecular complexity index is 394. The summed E-state index contributed by atoms with van der Waals surface area (Å²) in [5.74, 6) is -0.452. The predicted octanol–water partition coefficient (Wildman–Crippen LogP) is 1.00. The molecule has 1 atom stereocenters. The monoisotopic (exact) mass is 251 g/mol. The lowest BCUT2D eigenvalue weighted by molar-refractivity contribution is -0.131. The third-order valence-corrected chi connectivity index (χ3v) is 2.96. The van der Waals surface area contributed by atoms with E-state index in [2.05, 4.69) is 4.98 Å². The first kappa shape index (κ1) is 13.6. The van der Waals surface area contributed by atoms with Crippen LogP contribution < -0.4 is 5.73 Å².